The van der Waals surface area contributed by atoms with E-state index in [4.69, 9.17) is 0 Å². The highest BCUT2D eigenvalue weighted by Crippen LogP contribution is 2.26. The van der Waals surface area contributed by atoms with E-state index < -0.39 is 10.0 Å². The van der Waals surface area contributed by atoms with Crippen molar-refractivity contribution in [2.45, 2.75) is 31.6 Å². The molecule has 3 rings (SSSR count). The molecule has 1 amide bonds. The highest BCUT2D eigenvalue weighted by atomic mass is 32.2. The van der Waals surface area contributed by atoms with Gasteiger partial charge in [-0.3, -0.25) is 4.79 Å². The third kappa shape index (κ3) is 5.42. The van der Waals surface area contributed by atoms with E-state index in [9.17, 15) is 17.6 Å². The first-order chi connectivity index (χ1) is 13.8. The van der Waals surface area contributed by atoms with Crippen LogP contribution in [0.15, 0.2) is 53.4 Å². The molecule has 156 valence electrons. The summed E-state index contributed by atoms with van der Waals surface area (Å²) in [5, 5.41) is 2.80. The standard InChI is InChI=1S/C22H27FN2O3S/c1-16-13-17(2)15-25(14-16)29(27,28)21-9-5-19(6-10-21)22(26)24-12-11-18-3-7-20(23)8-4-18/h3-10,16-17H,11-15H2,1-2H3,(H,24,26). The summed E-state index contributed by atoms with van der Waals surface area (Å²) in [6, 6.07) is 12.2. The molecule has 2 atom stereocenters. The van der Waals surface area contributed by atoms with Gasteiger partial charge in [-0.1, -0.05) is 26.0 Å². The van der Waals surface area contributed by atoms with Crippen LogP contribution in [0.3, 0.4) is 0 Å². The normalized spacial score (nSPS) is 20.4. The Balaban J connectivity index is 1.60. The van der Waals surface area contributed by atoms with Gasteiger partial charge >= 0.3 is 0 Å². The SMILES string of the molecule is CC1CC(C)CN(S(=O)(=O)c2ccc(C(=O)NCCc3ccc(F)cc3)cc2)C1. The van der Waals surface area contributed by atoms with Crippen LogP contribution in [0.4, 0.5) is 4.39 Å². The second-order valence-electron chi connectivity index (χ2n) is 7.92. The summed E-state index contributed by atoms with van der Waals surface area (Å²) in [6.07, 6.45) is 1.62. The Labute approximate surface area is 172 Å². The molecule has 1 heterocycles. The van der Waals surface area contributed by atoms with E-state index in [1.165, 1.54) is 36.4 Å². The lowest BCUT2D eigenvalue weighted by molar-refractivity contribution is 0.0954. The summed E-state index contributed by atoms with van der Waals surface area (Å²) in [6.45, 7) is 5.60. The maximum Gasteiger partial charge on any atom is 0.251 e. The van der Waals surface area contributed by atoms with Crippen molar-refractivity contribution in [3.63, 3.8) is 0 Å². The third-order valence-corrected chi connectivity index (χ3v) is 7.05. The van der Waals surface area contributed by atoms with Crippen LogP contribution in [0.2, 0.25) is 0 Å². The zero-order valence-electron chi connectivity index (χ0n) is 16.8. The Bertz CT molecular complexity index is 933. The quantitative estimate of drug-likeness (QED) is 0.781. The fourth-order valence-corrected chi connectivity index (χ4v) is 5.48. The molecule has 1 aliphatic heterocycles. The minimum absolute atomic E-state index is 0.210. The Morgan fingerprint density at radius 1 is 1.03 bits per heavy atom. The largest absolute Gasteiger partial charge is 0.352 e. The molecule has 0 bridgehead atoms. The summed E-state index contributed by atoms with van der Waals surface area (Å²) < 4.78 is 40.3. The summed E-state index contributed by atoms with van der Waals surface area (Å²) in [4.78, 5) is 12.5. The van der Waals surface area contributed by atoms with E-state index >= 15 is 0 Å². The van der Waals surface area contributed by atoms with Gasteiger partial charge in [0, 0.05) is 25.2 Å². The average molecular weight is 419 g/mol. The molecular formula is C22H27FN2O3S. The Morgan fingerprint density at radius 2 is 1.62 bits per heavy atom. The van der Waals surface area contributed by atoms with E-state index in [0.29, 0.717) is 43.5 Å². The molecule has 0 aromatic heterocycles. The Kier molecular flexibility index (Phi) is 6.70. The monoisotopic (exact) mass is 418 g/mol. The fourth-order valence-electron chi connectivity index (χ4n) is 3.80. The van der Waals surface area contributed by atoms with Crippen LogP contribution in [0.5, 0.6) is 0 Å². The van der Waals surface area contributed by atoms with Gasteiger partial charge in [-0.2, -0.15) is 4.31 Å². The number of hydrogen-bond acceptors (Lipinski definition) is 3. The van der Waals surface area contributed by atoms with Gasteiger partial charge in [0.15, 0.2) is 0 Å². The summed E-state index contributed by atoms with van der Waals surface area (Å²) in [5.41, 5.74) is 1.33. The van der Waals surface area contributed by atoms with Crippen molar-refractivity contribution >= 4 is 15.9 Å². The number of halogens is 1. The second-order valence-corrected chi connectivity index (χ2v) is 9.86. The van der Waals surface area contributed by atoms with Gasteiger partial charge in [-0.15, -0.1) is 0 Å². The van der Waals surface area contributed by atoms with Crippen LogP contribution in [0.1, 0.15) is 36.2 Å². The number of carbonyl (C=O) groups excluding carboxylic acids is 1. The zero-order valence-corrected chi connectivity index (χ0v) is 17.6. The average Bonchev–Trinajstić information content (AvgIpc) is 2.69. The van der Waals surface area contributed by atoms with Crippen LogP contribution in [-0.2, 0) is 16.4 Å². The van der Waals surface area contributed by atoms with Crippen molar-refractivity contribution in [2.24, 2.45) is 11.8 Å². The van der Waals surface area contributed by atoms with Crippen molar-refractivity contribution in [3.8, 4) is 0 Å². The number of carbonyl (C=O) groups is 1. The highest BCUT2D eigenvalue weighted by Gasteiger charge is 2.31. The molecule has 29 heavy (non-hydrogen) atoms. The van der Waals surface area contributed by atoms with E-state index in [1.807, 2.05) is 0 Å². The molecule has 2 unspecified atom stereocenters. The van der Waals surface area contributed by atoms with Gasteiger partial charge in [-0.25, -0.2) is 12.8 Å². The summed E-state index contributed by atoms with van der Waals surface area (Å²) in [7, 11) is -3.56. The van der Waals surface area contributed by atoms with Gasteiger partial charge in [0.1, 0.15) is 5.82 Å². The maximum absolute atomic E-state index is 12.9. The number of rotatable bonds is 6. The maximum atomic E-state index is 12.9. The molecule has 1 N–H and O–H groups in total. The Morgan fingerprint density at radius 3 is 2.21 bits per heavy atom. The minimum atomic E-state index is -3.56. The molecule has 1 saturated heterocycles. The molecule has 5 nitrogen and oxygen atoms in total. The zero-order chi connectivity index (χ0) is 21.0. The number of nitrogens with one attached hydrogen (secondary N) is 1. The first-order valence-corrected chi connectivity index (χ1v) is 11.3. The molecular weight excluding hydrogens is 391 g/mol. The molecule has 1 fully saturated rings. The number of amides is 1. The van der Waals surface area contributed by atoms with Gasteiger partial charge < -0.3 is 5.32 Å². The lowest BCUT2D eigenvalue weighted by Crippen LogP contribution is -2.42. The number of benzene rings is 2. The van der Waals surface area contributed by atoms with Crippen molar-refractivity contribution in [1.82, 2.24) is 9.62 Å². The lowest BCUT2D eigenvalue weighted by atomic mass is 9.94. The number of piperidine rings is 1. The van der Waals surface area contributed by atoms with Gasteiger partial charge in [0.25, 0.3) is 5.91 Å². The molecule has 2 aromatic carbocycles. The van der Waals surface area contributed by atoms with Gasteiger partial charge in [-0.05, 0) is 66.6 Å². The molecule has 0 aliphatic carbocycles. The van der Waals surface area contributed by atoms with Crippen LogP contribution in [0.25, 0.3) is 0 Å². The number of hydrogen-bond donors (Lipinski definition) is 1. The molecule has 7 heteroatoms. The smallest absolute Gasteiger partial charge is 0.251 e. The molecule has 0 saturated carbocycles. The van der Waals surface area contributed by atoms with E-state index in [2.05, 4.69) is 19.2 Å². The summed E-state index contributed by atoms with van der Waals surface area (Å²) >= 11 is 0. The van der Waals surface area contributed by atoms with Crippen molar-refractivity contribution in [3.05, 3.63) is 65.5 Å². The first-order valence-electron chi connectivity index (χ1n) is 9.88. The third-order valence-electron chi connectivity index (χ3n) is 5.20. The van der Waals surface area contributed by atoms with E-state index in [0.717, 1.165) is 12.0 Å². The minimum Gasteiger partial charge on any atom is -0.352 e. The molecule has 0 radical (unpaired) electrons. The fraction of sp³-hybridized carbons (Fsp3) is 0.409. The molecule has 2 aromatic rings. The van der Waals surface area contributed by atoms with Crippen LogP contribution < -0.4 is 5.32 Å². The van der Waals surface area contributed by atoms with Crippen LogP contribution in [0, 0.1) is 17.7 Å². The molecule has 1 aliphatic rings. The van der Waals surface area contributed by atoms with E-state index in [-0.39, 0.29) is 16.6 Å². The summed E-state index contributed by atoms with van der Waals surface area (Å²) in [5.74, 6) is 0.108. The highest BCUT2D eigenvalue weighted by molar-refractivity contribution is 7.89. The predicted octanol–water partition coefficient (Wildman–Crippen LogP) is 3.46. The first kappa shape index (κ1) is 21.5. The van der Waals surface area contributed by atoms with Crippen LogP contribution >= 0.6 is 0 Å². The lowest BCUT2D eigenvalue weighted by Gasteiger charge is -2.34. The topological polar surface area (TPSA) is 66.5 Å². The van der Waals surface area contributed by atoms with Crippen molar-refractivity contribution < 1.29 is 17.6 Å². The van der Waals surface area contributed by atoms with Crippen molar-refractivity contribution in [1.29, 1.82) is 0 Å². The van der Waals surface area contributed by atoms with Crippen molar-refractivity contribution in [2.75, 3.05) is 19.6 Å². The van der Waals surface area contributed by atoms with Gasteiger partial charge in [0.2, 0.25) is 10.0 Å². The number of nitrogens with zero attached hydrogens (tertiary/aromatic N) is 1. The Hall–Kier alpha value is -2.25. The number of sulfonamides is 1. The second kappa shape index (κ2) is 9.05. The van der Waals surface area contributed by atoms with Gasteiger partial charge in [0.05, 0.1) is 4.90 Å². The molecule has 0 spiro atoms. The van der Waals surface area contributed by atoms with Crippen LogP contribution in [-0.4, -0.2) is 38.3 Å². The van der Waals surface area contributed by atoms with E-state index in [1.54, 1.807) is 16.4 Å². The predicted molar refractivity (Wildman–Crippen MR) is 111 cm³/mol.